The molecule has 0 atom stereocenters. The van der Waals surface area contributed by atoms with Crippen LogP contribution in [0.25, 0.3) is 17.1 Å². The second-order valence-electron chi connectivity index (χ2n) is 8.36. The van der Waals surface area contributed by atoms with Crippen LogP contribution in [0.3, 0.4) is 0 Å². The molecule has 0 aliphatic heterocycles. The van der Waals surface area contributed by atoms with E-state index >= 15 is 0 Å². The molecule has 1 fully saturated rings. The number of aromatic nitrogens is 6. The van der Waals surface area contributed by atoms with E-state index in [2.05, 4.69) is 31.0 Å². The number of tetrazole rings is 1. The van der Waals surface area contributed by atoms with Gasteiger partial charge >= 0.3 is 6.18 Å². The molecular formula is C23H19F4N7O. The number of aryl methyl sites for hydroxylation is 1. The van der Waals surface area contributed by atoms with Gasteiger partial charge < -0.3 is 5.32 Å². The van der Waals surface area contributed by atoms with Crippen molar-refractivity contribution in [2.24, 2.45) is 0 Å². The van der Waals surface area contributed by atoms with Crippen molar-refractivity contribution in [3.63, 3.8) is 0 Å². The van der Waals surface area contributed by atoms with Crippen molar-refractivity contribution in [1.29, 1.82) is 0 Å². The van der Waals surface area contributed by atoms with E-state index in [1.54, 1.807) is 29.1 Å². The molecular weight excluding hydrogens is 466 g/mol. The Morgan fingerprint density at radius 1 is 1.20 bits per heavy atom. The molecule has 4 aromatic rings. The Morgan fingerprint density at radius 3 is 2.60 bits per heavy atom. The summed E-state index contributed by atoms with van der Waals surface area (Å²) in [6.45, 7) is 2.01. The molecule has 1 saturated carbocycles. The van der Waals surface area contributed by atoms with Crippen molar-refractivity contribution < 1.29 is 22.4 Å². The molecule has 2 aromatic carbocycles. The van der Waals surface area contributed by atoms with Gasteiger partial charge in [-0.2, -0.15) is 18.3 Å². The van der Waals surface area contributed by atoms with Gasteiger partial charge in [-0.15, -0.1) is 5.10 Å². The minimum Gasteiger partial charge on any atom is -0.325 e. The highest BCUT2D eigenvalue weighted by Gasteiger charge is 2.53. The number of hydrogen-bond donors (Lipinski definition) is 2. The summed E-state index contributed by atoms with van der Waals surface area (Å²) in [5, 5.41) is 21.0. The summed E-state index contributed by atoms with van der Waals surface area (Å²) < 4.78 is 55.1. The van der Waals surface area contributed by atoms with Gasteiger partial charge in [0.25, 0.3) is 0 Å². The average molecular weight is 485 g/mol. The lowest BCUT2D eigenvalue weighted by molar-refractivity contribution is -0.137. The van der Waals surface area contributed by atoms with Crippen LogP contribution in [0.2, 0.25) is 0 Å². The van der Waals surface area contributed by atoms with Gasteiger partial charge in [0.1, 0.15) is 5.82 Å². The van der Waals surface area contributed by atoms with Gasteiger partial charge in [-0.1, -0.05) is 13.0 Å². The molecule has 5 rings (SSSR count). The van der Waals surface area contributed by atoms with Crippen LogP contribution in [-0.2, 0) is 22.8 Å². The maximum atomic E-state index is 14.6. The Balaban J connectivity index is 1.45. The van der Waals surface area contributed by atoms with Gasteiger partial charge in [-0.3, -0.25) is 4.79 Å². The molecule has 12 heteroatoms. The number of nitrogens with one attached hydrogen (secondary N) is 2. The lowest BCUT2D eigenvalue weighted by Crippen LogP contribution is -2.29. The first kappa shape index (κ1) is 22.7. The van der Waals surface area contributed by atoms with Crippen LogP contribution < -0.4 is 5.32 Å². The third-order valence-corrected chi connectivity index (χ3v) is 6.14. The topological polar surface area (TPSA) is 101 Å². The van der Waals surface area contributed by atoms with Crippen molar-refractivity contribution in [2.75, 3.05) is 5.32 Å². The van der Waals surface area contributed by atoms with E-state index in [0.717, 1.165) is 24.1 Å². The summed E-state index contributed by atoms with van der Waals surface area (Å²) in [6, 6.07) is 7.32. The second kappa shape index (κ2) is 8.29. The first-order valence-corrected chi connectivity index (χ1v) is 10.8. The molecule has 1 amide bonds. The van der Waals surface area contributed by atoms with Crippen molar-refractivity contribution in [3.05, 3.63) is 71.3 Å². The molecule has 180 valence electrons. The zero-order valence-electron chi connectivity index (χ0n) is 18.4. The minimum absolute atomic E-state index is 0.0529. The van der Waals surface area contributed by atoms with Crippen LogP contribution in [0, 0.1) is 5.82 Å². The molecule has 35 heavy (non-hydrogen) atoms. The highest BCUT2D eigenvalue weighted by molar-refractivity contribution is 6.02. The molecule has 1 aliphatic rings. The van der Waals surface area contributed by atoms with E-state index in [0.29, 0.717) is 41.7 Å². The summed E-state index contributed by atoms with van der Waals surface area (Å²) in [5.74, 6) is -1.21. The first-order valence-electron chi connectivity index (χ1n) is 10.8. The number of carbonyl (C=O) groups excluding carboxylic acids is 1. The molecule has 0 spiro atoms. The molecule has 0 radical (unpaired) electrons. The fraction of sp³-hybridized carbons (Fsp3) is 0.261. The van der Waals surface area contributed by atoms with Gasteiger partial charge in [-0.25, -0.2) is 14.2 Å². The summed E-state index contributed by atoms with van der Waals surface area (Å²) >= 11 is 0. The number of carbonyl (C=O) groups is 1. The monoisotopic (exact) mass is 485 g/mol. The highest BCUT2D eigenvalue weighted by atomic mass is 19.4. The quantitative estimate of drug-likeness (QED) is 0.393. The highest BCUT2D eigenvalue weighted by Crippen LogP contribution is 2.50. The number of benzene rings is 2. The van der Waals surface area contributed by atoms with Crippen LogP contribution in [0.15, 0.2) is 48.8 Å². The largest absolute Gasteiger partial charge is 0.416 e. The number of halogens is 4. The maximum Gasteiger partial charge on any atom is 0.416 e. The van der Waals surface area contributed by atoms with E-state index in [1.807, 2.05) is 13.1 Å². The van der Waals surface area contributed by atoms with Gasteiger partial charge in [0.05, 0.1) is 22.9 Å². The molecule has 1 aliphatic carbocycles. The van der Waals surface area contributed by atoms with Crippen molar-refractivity contribution in [3.8, 4) is 17.1 Å². The average Bonchev–Trinajstić information content (AvgIpc) is 3.21. The Bertz CT molecular complexity index is 1390. The molecule has 0 bridgehead atoms. The second-order valence-corrected chi connectivity index (χ2v) is 8.36. The molecule has 2 heterocycles. The van der Waals surface area contributed by atoms with E-state index < -0.39 is 28.9 Å². The number of H-pyrrole nitrogens is 1. The normalized spacial score (nSPS) is 14.7. The van der Waals surface area contributed by atoms with Crippen LogP contribution in [0.1, 0.15) is 36.5 Å². The SMILES string of the molecule is CCc1cnn(-c2ccc(NC(=O)C3(c4ccc(C(F)(F)F)cc4F)CC3)cc2-c2nnn[nH]2)c1. The number of amides is 1. The lowest BCUT2D eigenvalue weighted by atomic mass is 9.93. The Hall–Kier alpha value is -4.09. The molecule has 2 aromatic heterocycles. The van der Waals surface area contributed by atoms with E-state index in [1.165, 1.54) is 0 Å². The molecule has 8 nitrogen and oxygen atoms in total. The Kier molecular flexibility index (Phi) is 5.37. The summed E-state index contributed by atoms with van der Waals surface area (Å²) in [7, 11) is 0. The predicted molar refractivity (Wildman–Crippen MR) is 117 cm³/mol. The standard InChI is InChI=1S/C23H19F4N7O/c1-2-13-11-28-34(12-13)19-6-4-15(10-16(19)20-30-32-33-31-20)29-21(35)22(7-8-22)17-5-3-14(9-18(17)24)23(25,26)27/h3-6,9-12H,2,7-8H2,1H3,(H,29,35)(H,30,31,32,33). The van der Waals surface area contributed by atoms with Crippen molar-refractivity contribution in [2.45, 2.75) is 37.8 Å². The predicted octanol–water partition coefficient (Wildman–Crippen LogP) is 4.44. The molecule has 0 unspecified atom stereocenters. The summed E-state index contributed by atoms with van der Waals surface area (Å²) in [6.07, 6.45) is 0.395. The third-order valence-electron chi connectivity index (χ3n) is 6.14. The van der Waals surface area contributed by atoms with Crippen LogP contribution >= 0.6 is 0 Å². The maximum absolute atomic E-state index is 14.6. The number of alkyl halides is 3. The summed E-state index contributed by atoms with van der Waals surface area (Å²) in [4.78, 5) is 13.2. The fourth-order valence-electron chi connectivity index (χ4n) is 4.02. The Labute approximate surface area is 196 Å². The van der Waals surface area contributed by atoms with Gasteiger partial charge in [-0.05, 0) is 65.6 Å². The van der Waals surface area contributed by atoms with Crippen molar-refractivity contribution >= 4 is 11.6 Å². The number of nitrogens with zero attached hydrogens (tertiary/aromatic N) is 5. The molecule has 0 saturated heterocycles. The lowest BCUT2D eigenvalue weighted by Gasteiger charge is -2.18. The van der Waals surface area contributed by atoms with E-state index in [-0.39, 0.29) is 5.56 Å². The Morgan fingerprint density at radius 2 is 2.00 bits per heavy atom. The first-order chi connectivity index (χ1) is 16.7. The number of hydrogen-bond acceptors (Lipinski definition) is 5. The zero-order valence-corrected chi connectivity index (χ0v) is 18.4. The number of anilines is 1. The van der Waals surface area contributed by atoms with Crippen LogP contribution in [0.5, 0.6) is 0 Å². The molecule has 2 N–H and O–H groups in total. The van der Waals surface area contributed by atoms with Crippen LogP contribution in [0.4, 0.5) is 23.2 Å². The number of rotatable bonds is 6. The zero-order chi connectivity index (χ0) is 24.8. The van der Waals surface area contributed by atoms with Gasteiger partial charge in [0, 0.05) is 23.0 Å². The van der Waals surface area contributed by atoms with E-state index in [9.17, 15) is 22.4 Å². The third kappa shape index (κ3) is 4.15. The van der Waals surface area contributed by atoms with Gasteiger partial charge in [0.15, 0.2) is 5.82 Å². The number of aromatic amines is 1. The fourth-order valence-corrected chi connectivity index (χ4v) is 4.02. The van der Waals surface area contributed by atoms with Gasteiger partial charge in [0.2, 0.25) is 5.91 Å². The minimum atomic E-state index is -4.67. The van der Waals surface area contributed by atoms with Crippen LogP contribution in [-0.4, -0.2) is 36.3 Å². The summed E-state index contributed by atoms with van der Waals surface area (Å²) in [5.41, 5.74) is 0.271. The van der Waals surface area contributed by atoms with Crippen molar-refractivity contribution in [1.82, 2.24) is 30.4 Å². The van der Waals surface area contributed by atoms with E-state index in [4.69, 9.17) is 0 Å². The smallest absolute Gasteiger partial charge is 0.325 e.